The van der Waals surface area contributed by atoms with Crippen LogP contribution in [0.3, 0.4) is 0 Å². The van der Waals surface area contributed by atoms with E-state index in [1.165, 1.54) is 6.07 Å². The Labute approximate surface area is 151 Å². The van der Waals surface area contributed by atoms with Gasteiger partial charge in [-0.3, -0.25) is 9.59 Å². The Morgan fingerprint density at radius 1 is 1.08 bits per heavy atom. The molecule has 0 bridgehead atoms. The van der Waals surface area contributed by atoms with Crippen LogP contribution in [0.15, 0.2) is 42.5 Å². The van der Waals surface area contributed by atoms with Gasteiger partial charge in [-0.1, -0.05) is 31.5 Å². The summed E-state index contributed by atoms with van der Waals surface area (Å²) < 4.78 is 13.8. The van der Waals surface area contributed by atoms with Gasteiger partial charge in [0.2, 0.25) is 5.91 Å². The summed E-state index contributed by atoms with van der Waals surface area (Å²) in [6, 6.07) is 10.0. The second-order valence-corrected chi connectivity index (χ2v) is 6.61. The molecule has 0 saturated heterocycles. The number of benzene rings is 2. The summed E-state index contributed by atoms with van der Waals surface area (Å²) in [7, 11) is 0. The minimum absolute atomic E-state index is 0.0939. The fraction of sp³-hybridized carbons (Fsp3) is 0.263. The molecule has 2 rings (SSSR count). The van der Waals surface area contributed by atoms with Crippen LogP contribution in [0.2, 0.25) is 5.02 Å². The molecule has 0 aliphatic rings. The molecule has 2 N–H and O–H groups in total. The van der Waals surface area contributed by atoms with E-state index in [4.69, 9.17) is 11.6 Å². The highest BCUT2D eigenvalue weighted by atomic mass is 35.5. The number of nitrogens with one attached hydrogen (secondary N) is 2. The highest BCUT2D eigenvalue weighted by Crippen LogP contribution is 2.17. The summed E-state index contributed by atoms with van der Waals surface area (Å²) in [5, 5.41) is 5.76. The normalized spacial score (nSPS) is 11.9. The first-order chi connectivity index (χ1) is 11.8. The quantitative estimate of drug-likeness (QED) is 0.838. The minimum atomic E-state index is -0.803. The molecule has 0 aliphatic carbocycles. The molecule has 4 nitrogen and oxygen atoms in total. The molecule has 0 aromatic heterocycles. The van der Waals surface area contributed by atoms with E-state index in [1.54, 1.807) is 57.2 Å². The Morgan fingerprint density at radius 3 is 2.32 bits per heavy atom. The van der Waals surface area contributed by atoms with Crippen molar-refractivity contribution in [3.05, 3.63) is 64.4 Å². The Morgan fingerprint density at radius 2 is 1.72 bits per heavy atom. The van der Waals surface area contributed by atoms with Gasteiger partial charge in [-0.05, 0) is 54.8 Å². The summed E-state index contributed by atoms with van der Waals surface area (Å²) in [4.78, 5) is 24.9. The van der Waals surface area contributed by atoms with Crippen molar-refractivity contribution >= 4 is 29.1 Å². The van der Waals surface area contributed by atoms with Gasteiger partial charge in [0.05, 0.1) is 5.69 Å². The van der Waals surface area contributed by atoms with Gasteiger partial charge in [-0.2, -0.15) is 0 Å². The molecule has 0 saturated carbocycles. The Bertz CT molecular complexity index is 775. The van der Waals surface area contributed by atoms with E-state index >= 15 is 0 Å². The second-order valence-electron chi connectivity index (χ2n) is 6.17. The van der Waals surface area contributed by atoms with Crippen LogP contribution in [0.1, 0.15) is 29.8 Å². The number of carbonyl (C=O) groups is 2. The molecule has 2 aromatic carbocycles. The Balaban J connectivity index is 2.14. The lowest BCUT2D eigenvalue weighted by atomic mass is 10.0. The first kappa shape index (κ1) is 18.9. The maximum absolute atomic E-state index is 13.8. The van der Waals surface area contributed by atoms with E-state index in [0.717, 1.165) is 5.56 Å². The zero-order chi connectivity index (χ0) is 18.6. The molecule has 1 unspecified atom stereocenters. The lowest BCUT2D eigenvalue weighted by Crippen LogP contribution is -2.47. The van der Waals surface area contributed by atoms with Gasteiger partial charge < -0.3 is 10.6 Å². The van der Waals surface area contributed by atoms with Gasteiger partial charge in [-0.25, -0.2) is 4.39 Å². The zero-order valence-corrected chi connectivity index (χ0v) is 15.0. The first-order valence-electron chi connectivity index (χ1n) is 7.91. The molecule has 0 fully saturated rings. The number of amides is 2. The predicted octanol–water partition coefficient (Wildman–Crippen LogP) is 4.18. The Kier molecular flexibility index (Phi) is 6.15. The maximum atomic E-state index is 13.8. The molecule has 2 aromatic rings. The maximum Gasteiger partial charge on any atom is 0.251 e. The van der Waals surface area contributed by atoms with E-state index in [9.17, 15) is 14.0 Å². The summed E-state index contributed by atoms with van der Waals surface area (Å²) in [6.45, 7) is 5.41. The highest BCUT2D eigenvalue weighted by molar-refractivity contribution is 6.30. The van der Waals surface area contributed by atoms with E-state index in [1.807, 2.05) is 0 Å². The molecule has 0 spiro atoms. The molecule has 132 valence electrons. The average Bonchev–Trinajstić information content (AvgIpc) is 2.56. The van der Waals surface area contributed by atoms with Crippen LogP contribution in [0.5, 0.6) is 0 Å². The van der Waals surface area contributed by atoms with Gasteiger partial charge in [0.25, 0.3) is 5.91 Å². The van der Waals surface area contributed by atoms with Crippen LogP contribution < -0.4 is 10.6 Å². The van der Waals surface area contributed by atoms with E-state index in [-0.39, 0.29) is 11.6 Å². The average molecular weight is 363 g/mol. The largest absolute Gasteiger partial charge is 0.340 e. The van der Waals surface area contributed by atoms with Crippen LogP contribution in [0.4, 0.5) is 10.1 Å². The lowest BCUT2D eigenvalue weighted by Gasteiger charge is -2.22. The number of carbonyl (C=O) groups excluding carboxylic acids is 2. The molecule has 6 heteroatoms. The monoisotopic (exact) mass is 362 g/mol. The molecule has 0 aliphatic heterocycles. The van der Waals surface area contributed by atoms with Crippen molar-refractivity contribution in [2.45, 2.75) is 26.8 Å². The standard InChI is InChI=1S/C19H20ClFN2O2/c1-11(2)17(23-18(24)13-5-7-14(20)8-6-13)19(25)22-16-10-12(3)4-9-15(16)21/h4-11,17H,1-3H3,(H,22,25)(H,23,24). The van der Waals surface area contributed by atoms with Crippen LogP contribution >= 0.6 is 11.6 Å². The Hall–Kier alpha value is -2.40. The van der Waals surface area contributed by atoms with Crippen molar-refractivity contribution < 1.29 is 14.0 Å². The molecule has 25 heavy (non-hydrogen) atoms. The molecule has 2 amide bonds. The van der Waals surface area contributed by atoms with Gasteiger partial charge in [0.1, 0.15) is 11.9 Å². The molecule has 1 atom stereocenters. The van der Waals surface area contributed by atoms with Crippen molar-refractivity contribution in [3.63, 3.8) is 0 Å². The molecular weight excluding hydrogens is 343 g/mol. The fourth-order valence-corrected chi connectivity index (χ4v) is 2.43. The van der Waals surface area contributed by atoms with Gasteiger partial charge in [0.15, 0.2) is 0 Å². The number of halogens is 2. The number of rotatable bonds is 5. The van der Waals surface area contributed by atoms with E-state index in [0.29, 0.717) is 10.6 Å². The van der Waals surface area contributed by atoms with Gasteiger partial charge in [-0.15, -0.1) is 0 Å². The predicted molar refractivity (Wildman–Crippen MR) is 97.3 cm³/mol. The van der Waals surface area contributed by atoms with Crippen molar-refractivity contribution in [3.8, 4) is 0 Å². The first-order valence-corrected chi connectivity index (χ1v) is 8.29. The molecular formula is C19H20ClFN2O2. The second kappa shape index (κ2) is 8.12. The minimum Gasteiger partial charge on any atom is -0.340 e. The van der Waals surface area contributed by atoms with E-state index in [2.05, 4.69) is 10.6 Å². The van der Waals surface area contributed by atoms with Crippen molar-refractivity contribution in [2.24, 2.45) is 5.92 Å². The topological polar surface area (TPSA) is 58.2 Å². The third kappa shape index (κ3) is 5.03. The number of aryl methyl sites for hydroxylation is 1. The van der Waals surface area contributed by atoms with Crippen molar-refractivity contribution in [1.29, 1.82) is 0 Å². The summed E-state index contributed by atoms with van der Waals surface area (Å²) >= 11 is 5.81. The van der Waals surface area contributed by atoms with Crippen LogP contribution in [-0.4, -0.2) is 17.9 Å². The highest BCUT2D eigenvalue weighted by Gasteiger charge is 2.25. The number of anilines is 1. The van der Waals surface area contributed by atoms with Crippen LogP contribution in [0, 0.1) is 18.7 Å². The van der Waals surface area contributed by atoms with Gasteiger partial charge in [0, 0.05) is 10.6 Å². The summed E-state index contributed by atoms with van der Waals surface area (Å²) in [6.07, 6.45) is 0. The number of hydrogen-bond donors (Lipinski definition) is 2. The third-order valence-electron chi connectivity index (χ3n) is 3.72. The van der Waals surface area contributed by atoms with Crippen molar-refractivity contribution in [1.82, 2.24) is 5.32 Å². The smallest absolute Gasteiger partial charge is 0.251 e. The molecule has 0 radical (unpaired) electrons. The fourth-order valence-electron chi connectivity index (χ4n) is 2.31. The number of hydrogen-bond acceptors (Lipinski definition) is 2. The van der Waals surface area contributed by atoms with Crippen molar-refractivity contribution in [2.75, 3.05) is 5.32 Å². The third-order valence-corrected chi connectivity index (χ3v) is 3.97. The van der Waals surface area contributed by atoms with Crippen LogP contribution in [0.25, 0.3) is 0 Å². The van der Waals surface area contributed by atoms with Gasteiger partial charge >= 0.3 is 0 Å². The lowest BCUT2D eigenvalue weighted by molar-refractivity contribution is -0.118. The summed E-state index contributed by atoms with van der Waals surface area (Å²) in [5.74, 6) is -1.56. The SMILES string of the molecule is Cc1ccc(F)c(NC(=O)C(NC(=O)c2ccc(Cl)cc2)C(C)C)c1. The summed E-state index contributed by atoms with van der Waals surface area (Å²) in [5.41, 5.74) is 1.31. The van der Waals surface area contributed by atoms with E-state index < -0.39 is 23.7 Å². The zero-order valence-electron chi connectivity index (χ0n) is 14.3. The van der Waals surface area contributed by atoms with Crippen LogP contribution in [-0.2, 0) is 4.79 Å². The molecule has 0 heterocycles.